The van der Waals surface area contributed by atoms with E-state index in [0.29, 0.717) is 18.0 Å². The summed E-state index contributed by atoms with van der Waals surface area (Å²) >= 11 is 0. The van der Waals surface area contributed by atoms with E-state index >= 15 is 0 Å². The third-order valence-corrected chi connectivity index (χ3v) is 4.70. The van der Waals surface area contributed by atoms with Gasteiger partial charge in [-0.05, 0) is 42.9 Å². The molecule has 1 atom stereocenters. The molecule has 100 valence electrons. The number of hydrogen-bond acceptors (Lipinski definition) is 3. The molecule has 1 saturated heterocycles. The molecule has 2 heterocycles. The lowest BCUT2D eigenvalue weighted by molar-refractivity contribution is 0.197. The highest BCUT2D eigenvalue weighted by Crippen LogP contribution is 2.40. The maximum atomic E-state index is 5.99. The lowest BCUT2D eigenvalue weighted by Gasteiger charge is -2.30. The van der Waals surface area contributed by atoms with E-state index in [4.69, 9.17) is 5.73 Å². The Morgan fingerprint density at radius 2 is 2.22 bits per heavy atom. The Kier molecular flexibility index (Phi) is 4.36. The van der Waals surface area contributed by atoms with Crippen molar-refractivity contribution in [1.82, 2.24) is 9.88 Å². The van der Waals surface area contributed by atoms with Gasteiger partial charge in [-0.1, -0.05) is 19.9 Å². The first-order valence-electron chi connectivity index (χ1n) is 7.08. The molecule has 0 aromatic carbocycles. The zero-order valence-corrected chi connectivity index (χ0v) is 11.6. The summed E-state index contributed by atoms with van der Waals surface area (Å²) in [7, 11) is 0. The van der Waals surface area contributed by atoms with Crippen molar-refractivity contribution >= 4 is 0 Å². The molecule has 2 rings (SSSR count). The zero-order chi connectivity index (χ0) is 13.0. The average molecular weight is 247 g/mol. The largest absolute Gasteiger partial charge is 0.329 e. The third kappa shape index (κ3) is 2.57. The number of nitrogens with two attached hydrogens (primary N) is 1. The number of aromatic nitrogens is 1. The summed E-state index contributed by atoms with van der Waals surface area (Å²) in [5.41, 5.74) is 7.75. The van der Waals surface area contributed by atoms with Gasteiger partial charge in [0.05, 0.1) is 0 Å². The number of pyridine rings is 1. The molecule has 18 heavy (non-hydrogen) atoms. The second-order valence-electron chi connectivity index (χ2n) is 5.47. The van der Waals surface area contributed by atoms with Gasteiger partial charge < -0.3 is 5.73 Å². The van der Waals surface area contributed by atoms with E-state index in [9.17, 15) is 0 Å². The van der Waals surface area contributed by atoms with Crippen molar-refractivity contribution in [3.63, 3.8) is 0 Å². The van der Waals surface area contributed by atoms with Crippen LogP contribution in [-0.4, -0.2) is 29.5 Å². The summed E-state index contributed by atoms with van der Waals surface area (Å²) in [5.74, 6) is 0. The Balaban J connectivity index is 2.12. The monoisotopic (exact) mass is 247 g/mol. The summed E-state index contributed by atoms with van der Waals surface area (Å²) in [6.45, 7) is 7.65. The fourth-order valence-electron chi connectivity index (χ4n) is 3.13. The van der Waals surface area contributed by atoms with Crippen LogP contribution in [0.4, 0.5) is 0 Å². The Morgan fingerprint density at radius 3 is 2.72 bits per heavy atom. The first kappa shape index (κ1) is 13.5. The van der Waals surface area contributed by atoms with Crippen molar-refractivity contribution in [1.29, 1.82) is 0 Å². The molecule has 1 aromatic heterocycles. The SMILES string of the molecule is CCC1(CC)CCN(C(CN)c2cccnc2)C1. The Bertz CT molecular complexity index is 359. The Morgan fingerprint density at radius 1 is 1.44 bits per heavy atom. The standard InChI is InChI=1S/C15H25N3/c1-3-15(4-2)7-9-18(12-15)14(10-16)13-6-5-8-17-11-13/h5-6,8,11,14H,3-4,7,9-10,12,16H2,1-2H3. The molecule has 0 bridgehead atoms. The quantitative estimate of drug-likeness (QED) is 0.869. The van der Waals surface area contributed by atoms with E-state index in [2.05, 4.69) is 29.8 Å². The fourth-order valence-corrected chi connectivity index (χ4v) is 3.13. The van der Waals surface area contributed by atoms with E-state index in [0.717, 1.165) is 0 Å². The zero-order valence-electron chi connectivity index (χ0n) is 11.6. The highest BCUT2D eigenvalue weighted by molar-refractivity contribution is 5.15. The highest BCUT2D eigenvalue weighted by atomic mass is 15.2. The summed E-state index contributed by atoms with van der Waals surface area (Å²) in [6.07, 6.45) is 7.62. The second kappa shape index (κ2) is 5.81. The molecule has 1 aromatic rings. The molecular weight excluding hydrogens is 222 g/mol. The van der Waals surface area contributed by atoms with Crippen LogP contribution in [-0.2, 0) is 0 Å². The minimum absolute atomic E-state index is 0.332. The molecule has 2 N–H and O–H groups in total. The molecule has 0 aliphatic carbocycles. The summed E-state index contributed by atoms with van der Waals surface area (Å²) in [6, 6.07) is 4.47. The van der Waals surface area contributed by atoms with Crippen LogP contribution in [0.25, 0.3) is 0 Å². The van der Waals surface area contributed by atoms with Crippen molar-refractivity contribution in [2.75, 3.05) is 19.6 Å². The molecule has 1 fully saturated rings. The summed E-state index contributed by atoms with van der Waals surface area (Å²) in [5, 5.41) is 0. The van der Waals surface area contributed by atoms with Gasteiger partial charge in [0.15, 0.2) is 0 Å². The van der Waals surface area contributed by atoms with Gasteiger partial charge in [0.2, 0.25) is 0 Å². The minimum atomic E-state index is 0.332. The van der Waals surface area contributed by atoms with Crippen molar-refractivity contribution in [3.05, 3.63) is 30.1 Å². The molecule has 0 amide bonds. The highest BCUT2D eigenvalue weighted by Gasteiger charge is 2.37. The number of likely N-dealkylation sites (tertiary alicyclic amines) is 1. The first-order valence-corrected chi connectivity index (χ1v) is 7.08. The molecular formula is C15H25N3. The molecule has 1 aliphatic rings. The normalized spacial score (nSPS) is 21.1. The van der Waals surface area contributed by atoms with Crippen LogP contribution >= 0.6 is 0 Å². The third-order valence-electron chi connectivity index (χ3n) is 4.70. The van der Waals surface area contributed by atoms with Crippen LogP contribution in [0.2, 0.25) is 0 Å². The number of nitrogens with zero attached hydrogens (tertiary/aromatic N) is 2. The second-order valence-corrected chi connectivity index (χ2v) is 5.47. The summed E-state index contributed by atoms with van der Waals surface area (Å²) in [4.78, 5) is 6.77. The molecule has 0 radical (unpaired) electrons. The van der Waals surface area contributed by atoms with Gasteiger partial charge in [0.25, 0.3) is 0 Å². The van der Waals surface area contributed by atoms with Crippen LogP contribution < -0.4 is 5.73 Å². The van der Waals surface area contributed by atoms with Crippen molar-refractivity contribution in [2.24, 2.45) is 11.1 Å². The molecule has 3 nitrogen and oxygen atoms in total. The van der Waals surface area contributed by atoms with E-state index in [1.807, 2.05) is 18.5 Å². The predicted molar refractivity (Wildman–Crippen MR) is 75.2 cm³/mol. The van der Waals surface area contributed by atoms with Gasteiger partial charge in [-0.2, -0.15) is 0 Å². The summed E-state index contributed by atoms with van der Waals surface area (Å²) < 4.78 is 0. The Labute approximate surface area is 110 Å². The minimum Gasteiger partial charge on any atom is -0.329 e. The maximum absolute atomic E-state index is 5.99. The fraction of sp³-hybridized carbons (Fsp3) is 0.667. The smallest absolute Gasteiger partial charge is 0.0485 e. The van der Waals surface area contributed by atoms with Crippen molar-refractivity contribution < 1.29 is 0 Å². The first-order chi connectivity index (χ1) is 8.74. The van der Waals surface area contributed by atoms with Crippen LogP contribution in [0.3, 0.4) is 0 Å². The average Bonchev–Trinajstić information content (AvgIpc) is 2.86. The lowest BCUT2D eigenvalue weighted by Crippen LogP contribution is -2.34. The molecule has 3 heteroatoms. The Hall–Kier alpha value is -0.930. The number of rotatable bonds is 5. The molecule has 1 unspecified atom stereocenters. The molecule has 0 spiro atoms. The maximum Gasteiger partial charge on any atom is 0.0485 e. The van der Waals surface area contributed by atoms with Gasteiger partial charge in [0, 0.05) is 31.5 Å². The lowest BCUT2D eigenvalue weighted by atomic mass is 9.82. The van der Waals surface area contributed by atoms with Crippen LogP contribution in [0.5, 0.6) is 0 Å². The van der Waals surface area contributed by atoms with Gasteiger partial charge in [-0.3, -0.25) is 9.88 Å². The van der Waals surface area contributed by atoms with Gasteiger partial charge in [-0.15, -0.1) is 0 Å². The van der Waals surface area contributed by atoms with Crippen LogP contribution in [0, 0.1) is 5.41 Å². The topological polar surface area (TPSA) is 42.1 Å². The molecule has 1 aliphatic heterocycles. The van der Waals surface area contributed by atoms with Crippen LogP contribution in [0.15, 0.2) is 24.5 Å². The predicted octanol–water partition coefficient (Wildman–Crippen LogP) is 2.59. The van der Waals surface area contributed by atoms with Crippen LogP contribution in [0.1, 0.15) is 44.7 Å². The van der Waals surface area contributed by atoms with Crippen molar-refractivity contribution in [3.8, 4) is 0 Å². The molecule has 0 saturated carbocycles. The van der Waals surface area contributed by atoms with E-state index < -0.39 is 0 Å². The number of hydrogen-bond donors (Lipinski definition) is 1. The van der Waals surface area contributed by atoms with E-state index in [-0.39, 0.29) is 0 Å². The van der Waals surface area contributed by atoms with Gasteiger partial charge in [-0.25, -0.2) is 0 Å². The van der Waals surface area contributed by atoms with E-state index in [1.165, 1.54) is 37.9 Å². The van der Waals surface area contributed by atoms with Gasteiger partial charge >= 0.3 is 0 Å². The van der Waals surface area contributed by atoms with Gasteiger partial charge in [0.1, 0.15) is 0 Å². The van der Waals surface area contributed by atoms with Crippen molar-refractivity contribution in [2.45, 2.75) is 39.2 Å². The van der Waals surface area contributed by atoms with E-state index in [1.54, 1.807) is 0 Å².